The lowest BCUT2D eigenvalue weighted by Crippen LogP contribution is -2.24. The van der Waals surface area contributed by atoms with Gasteiger partial charge in [0.15, 0.2) is 0 Å². The normalized spacial score (nSPS) is 9.71. The summed E-state index contributed by atoms with van der Waals surface area (Å²) in [5.41, 5.74) is -0.0455. The second-order valence-corrected chi connectivity index (χ2v) is 3.21. The summed E-state index contributed by atoms with van der Waals surface area (Å²) in [5.74, 6) is 5.19. The standard InChI is InChI=1S/C11H9N3O3/c15-6-2-4-8-3-1-5-9(7-8)14-10(16)12-13-11(14)17/h1,3,5,7,15H,6H2,(H,12,16)(H,13,17). The number of aliphatic hydroxyl groups is 1. The van der Waals surface area contributed by atoms with Crippen LogP contribution < -0.4 is 11.4 Å². The maximum absolute atomic E-state index is 11.4. The number of aliphatic hydroxyl groups excluding tert-OH is 1. The molecule has 2 rings (SSSR count). The van der Waals surface area contributed by atoms with E-state index in [2.05, 4.69) is 22.0 Å². The number of rotatable bonds is 1. The van der Waals surface area contributed by atoms with Gasteiger partial charge < -0.3 is 5.11 Å². The van der Waals surface area contributed by atoms with E-state index < -0.39 is 11.4 Å². The molecule has 17 heavy (non-hydrogen) atoms. The summed E-state index contributed by atoms with van der Waals surface area (Å²) >= 11 is 0. The van der Waals surface area contributed by atoms with Crippen molar-refractivity contribution in [2.24, 2.45) is 0 Å². The minimum atomic E-state index is -0.540. The van der Waals surface area contributed by atoms with Crippen molar-refractivity contribution < 1.29 is 5.11 Å². The molecule has 1 aromatic carbocycles. The molecule has 0 saturated heterocycles. The van der Waals surface area contributed by atoms with Crippen molar-refractivity contribution in [2.45, 2.75) is 0 Å². The van der Waals surface area contributed by atoms with Crippen LogP contribution in [-0.4, -0.2) is 26.5 Å². The van der Waals surface area contributed by atoms with E-state index in [1.54, 1.807) is 24.3 Å². The van der Waals surface area contributed by atoms with Gasteiger partial charge in [0.25, 0.3) is 0 Å². The van der Waals surface area contributed by atoms with Crippen LogP contribution >= 0.6 is 0 Å². The number of benzene rings is 1. The van der Waals surface area contributed by atoms with Crippen molar-refractivity contribution in [2.75, 3.05) is 6.61 Å². The van der Waals surface area contributed by atoms with Crippen LogP contribution in [0.1, 0.15) is 5.56 Å². The summed E-state index contributed by atoms with van der Waals surface area (Å²) < 4.78 is 0.962. The largest absolute Gasteiger partial charge is 0.384 e. The Bertz CT molecular complexity index is 669. The smallest absolute Gasteiger partial charge is 0.348 e. The molecule has 6 heteroatoms. The van der Waals surface area contributed by atoms with Crippen LogP contribution in [0.5, 0.6) is 0 Å². The first-order chi connectivity index (χ1) is 8.22. The molecule has 0 aliphatic carbocycles. The van der Waals surface area contributed by atoms with E-state index in [0.29, 0.717) is 11.3 Å². The van der Waals surface area contributed by atoms with Gasteiger partial charge in [-0.2, -0.15) is 0 Å². The van der Waals surface area contributed by atoms with Crippen molar-refractivity contribution in [1.82, 2.24) is 14.8 Å². The molecule has 0 spiro atoms. The van der Waals surface area contributed by atoms with Gasteiger partial charge in [-0.15, -0.1) is 0 Å². The number of hydrogen-bond donors (Lipinski definition) is 3. The zero-order chi connectivity index (χ0) is 12.3. The molecule has 0 unspecified atom stereocenters. The maximum atomic E-state index is 11.4. The predicted molar refractivity (Wildman–Crippen MR) is 61.0 cm³/mol. The highest BCUT2D eigenvalue weighted by Crippen LogP contribution is 2.05. The fourth-order valence-corrected chi connectivity index (χ4v) is 1.41. The fraction of sp³-hybridized carbons (Fsp3) is 0.0909. The molecule has 0 amide bonds. The van der Waals surface area contributed by atoms with Crippen LogP contribution in [-0.2, 0) is 0 Å². The van der Waals surface area contributed by atoms with Gasteiger partial charge in [0.05, 0.1) is 5.69 Å². The number of nitrogens with one attached hydrogen (secondary N) is 2. The maximum Gasteiger partial charge on any atom is 0.348 e. The van der Waals surface area contributed by atoms with Gasteiger partial charge in [0.2, 0.25) is 0 Å². The fourth-order valence-electron chi connectivity index (χ4n) is 1.41. The molecule has 0 radical (unpaired) electrons. The number of aromatic nitrogens is 3. The van der Waals surface area contributed by atoms with Crippen molar-refractivity contribution >= 4 is 0 Å². The Kier molecular flexibility index (Phi) is 2.94. The zero-order valence-corrected chi connectivity index (χ0v) is 8.73. The highest BCUT2D eigenvalue weighted by molar-refractivity contribution is 5.43. The van der Waals surface area contributed by atoms with Crippen molar-refractivity contribution in [3.8, 4) is 17.5 Å². The van der Waals surface area contributed by atoms with E-state index >= 15 is 0 Å². The van der Waals surface area contributed by atoms with Crippen LogP contribution in [0.25, 0.3) is 5.69 Å². The average molecular weight is 231 g/mol. The molecule has 6 nitrogen and oxygen atoms in total. The van der Waals surface area contributed by atoms with E-state index in [-0.39, 0.29) is 6.61 Å². The van der Waals surface area contributed by atoms with Crippen molar-refractivity contribution in [1.29, 1.82) is 0 Å². The Balaban J connectivity index is 2.54. The van der Waals surface area contributed by atoms with Crippen molar-refractivity contribution in [3.05, 3.63) is 50.8 Å². The number of nitrogens with zero attached hydrogens (tertiary/aromatic N) is 1. The summed E-state index contributed by atoms with van der Waals surface area (Å²) in [7, 11) is 0. The van der Waals surface area contributed by atoms with Gasteiger partial charge >= 0.3 is 11.4 Å². The first-order valence-corrected chi connectivity index (χ1v) is 4.82. The predicted octanol–water partition coefficient (Wildman–Crippen LogP) is -0.802. The molecular weight excluding hydrogens is 222 g/mol. The molecule has 0 fully saturated rings. The monoisotopic (exact) mass is 231 g/mol. The van der Waals surface area contributed by atoms with Gasteiger partial charge in [0, 0.05) is 5.56 Å². The number of H-pyrrole nitrogens is 2. The molecule has 86 valence electrons. The molecule has 0 bridgehead atoms. The lowest BCUT2D eigenvalue weighted by molar-refractivity contribution is 0.350. The van der Waals surface area contributed by atoms with Crippen LogP contribution in [0.3, 0.4) is 0 Å². The third-order valence-electron chi connectivity index (χ3n) is 2.10. The minimum absolute atomic E-state index is 0.241. The Labute approximate surface area is 95.5 Å². The molecule has 0 saturated carbocycles. The third kappa shape index (κ3) is 2.19. The molecular formula is C11H9N3O3. The second kappa shape index (κ2) is 4.55. The Hall–Kier alpha value is -2.52. The molecule has 0 aliphatic rings. The molecule has 1 aromatic heterocycles. The quantitative estimate of drug-likeness (QED) is 0.561. The van der Waals surface area contributed by atoms with Gasteiger partial charge in [-0.3, -0.25) is 0 Å². The first-order valence-electron chi connectivity index (χ1n) is 4.82. The zero-order valence-electron chi connectivity index (χ0n) is 8.73. The summed E-state index contributed by atoms with van der Waals surface area (Å²) in [5, 5.41) is 13.0. The van der Waals surface area contributed by atoms with E-state index in [1.165, 1.54) is 0 Å². The summed E-state index contributed by atoms with van der Waals surface area (Å²) in [4.78, 5) is 22.7. The van der Waals surface area contributed by atoms with Crippen molar-refractivity contribution in [3.63, 3.8) is 0 Å². The summed E-state index contributed by atoms with van der Waals surface area (Å²) in [6.07, 6.45) is 0. The van der Waals surface area contributed by atoms with Crippen LogP contribution in [0, 0.1) is 11.8 Å². The van der Waals surface area contributed by atoms with Gasteiger partial charge in [-0.05, 0) is 18.2 Å². The van der Waals surface area contributed by atoms with E-state index in [0.717, 1.165) is 4.57 Å². The Morgan fingerprint density at radius 3 is 2.59 bits per heavy atom. The topological polar surface area (TPSA) is 90.9 Å². The molecule has 0 aliphatic heterocycles. The average Bonchev–Trinajstić information content (AvgIpc) is 2.67. The van der Waals surface area contributed by atoms with E-state index in [1.807, 2.05) is 0 Å². The first kappa shape index (κ1) is 11.0. The van der Waals surface area contributed by atoms with E-state index in [4.69, 9.17) is 5.11 Å². The minimum Gasteiger partial charge on any atom is -0.384 e. The summed E-state index contributed by atoms with van der Waals surface area (Å²) in [6, 6.07) is 6.61. The lowest BCUT2D eigenvalue weighted by Gasteiger charge is -1.99. The molecule has 1 heterocycles. The van der Waals surface area contributed by atoms with E-state index in [9.17, 15) is 9.59 Å². The molecule has 3 N–H and O–H groups in total. The third-order valence-corrected chi connectivity index (χ3v) is 2.10. The summed E-state index contributed by atoms with van der Waals surface area (Å²) in [6.45, 7) is -0.241. The lowest BCUT2D eigenvalue weighted by atomic mass is 10.2. The molecule has 2 aromatic rings. The van der Waals surface area contributed by atoms with Gasteiger partial charge in [-0.25, -0.2) is 24.4 Å². The molecule has 0 atom stereocenters. The highest BCUT2D eigenvalue weighted by atomic mass is 16.2. The highest BCUT2D eigenvalue weighted by Gasteiger charge is 2.05. The Morgan fingerprint density at radius 2 is 1.94 bits per heavy atom. The van der Waals surface area contributed by atoms with Crippen LogP contribution in [0.15, 0.2) is 33.9 Å². The SMILES string of the molecule is O=c1[nH][nH]c(=O)n1-c1cccc(C#CCO)c1. The second-order valence-electron chi connectivity index (χ2n) is 3.21. The van der Waals surface area contributed by atoms with Gasteiger partial charge in [-0.1, -0.05) is 17.9 Å². The number of aromatic amines is 2. The Morgan fingerprint density at radius 1 is 1.24 bits per heavy atom. The van der Waals surface area contributed by atoms with Gasteiger partial charge in [0.1, 0.15) is 6.61 Å². The number of hydrogen-bond acceptors (Lipinski definition) is 3. The van der Waals surface area contributed by atoms with Crippen LogP contribution in [0.4, 0.5) is 0 Å². The van der Waals surface area contributed by atoms with Crippen LogP contribution in [0.2, 0.25) is 0 Å².